The van der Waals surface area contributed by atoms with Crippen molar-refractivity contribution in [2.24, 2.45) is 0 Å². The van der Waals surface area contributed by atoms with E-state index >= 15 is 0 Å². The molecule has 0 unspecified atom stereocenters. The molecule has 5 nitrogen and oxygen atoms in total. The molecule has 4 rings (SSSR count). The highest BCUT2D eigenvalue weighted by Gasteiger charge is 2.03. The van der Waals surface area contributed by atoms with Crippen LogP contribution in [0.5, 0.6) is 0 Å². The van der Waals surface area contributed by atoms with Crippen LogP contribution in [-0.4, -0.2) is 41.5 Å². The van der Waals surface area contributed by atoms with E-state index in [1.54, 1.807) is 30.6 Å². The van der Waals surface area contributed by atoms with Gasteiger partial charge in [-0.2, -0.15) is 0 Å². The summed E-state index contributed by atoms with van der Waals surface area (Å²) in [7, 11) is 2.08. The van der Waals surface area contributed by atoms with Crippen molar-refractivity contribution in [3.8, 4) is 0 Å². The lowest BCUT2D eigenvalue weighted by Gasteiger charge is -2.15. The van der Waals surface area contributed by atoms with Gasteiger partial charge in [-0.15, -0.1) is 0 Å². The predicted molar refractivity (Wildman–Crippen MR) is 119 cm³/mol. The molecule has 2 aromatic carbocycles. The minimum absolute atomic E-state index is 0.217. The first-order valence-corrected chi connectivity index (χ1v) is 9.74. The highest BCUT2D eigenvalue weighted by molar-refractivity contribution is 5.92. The summed E-state index contributed by atoms with van der Waals surface area (Å²) in [5.74, 6) is 0.781. The lowest BCUT2D eigenvalue weighted by molar-refractivity contribution is 0.367. The molecule has 30 heavy (non-hydrogen) atoms. The molecule has 0 amide bonds. The SMILES string of the molecule is CCN(C)CCNc1nccc2cc(F)ccc12.Nc1nccc2cc(F)ccc12. The van der Waals surface area contributed by atoms with Gasteiger partial charge >= 0.3 is 0 Å². The standard InChI is InChI=1S/C14H18FN3.C9H7FN2/c1-3-18(2)9-8-17-14-13-5-4-12(15)10-11(13)6-7-16-14;10-7-1-2-8-6(5-7)3-4-12-9(8)11/h4-7,10H,3,8-9H2,1-2H3,(H,16,17);1-5H,(H2,11,12). The molecule has 2 heterocycles. The lowest BCUT2D eigenvalue weighted by Crippen LogP contribution is -2.24. The van der Waals surface area contributed by atoms with E-state index in [0.29, 0.717) is 5.82 Å². The average Bonchev–Trinajstić information content (AvgIpc) is 2.74. The van der Waals surface area contributed by atoms with Crippen LogP contribution in [0.25, 0.3) is 21.5 Å². The van der Waals surface area contributed by atoms with Gasteiger partial charge in [0.1, 0.15) is 23.3 Å². The van der Waals surface area contributed by atoms with Crippen molar-refractivity contribution in [2.45, 2.75) is 6.92 Å². The minimum atomic E-state index is -0.256. The zero-order valence-electron chi connectivity index (χ0n) is 17.1. The minimum Gasteiger partial charge on any atom is -0.383 e. The summed E-state index contributed by atoms with van der Waals surface area (Å²) in [6, 6.07) is 12.8. The third-order valence-corrected chi connectivity index (χ3v) is 4.81. The first-order chi connectivity index (χ1) is 14.5. The van der Waals surface area contributed by atoms with Crippen molar-refractivity contribution >= 4 is 33.2 Å². The second-order valence-electron chi connectivity index (χ2n) is 6.91. The summed E-state index contributed by atoms with van der Waals surface area (Å²) in [6.07, 6.45) is 3.27. The highest BCUT2D eigenvalue weighted by Crippen LogP contribution is 2.21. The van der Waals surface area contributed by atoms with Crippen LogP contribution in [0.3, 0.4) is 0 Å². The fraction of sp³-hybridized carbons (Fsp3) is 0.217. The number of hydrogen-bond acceptors (Lipinski definition) is 5. The van der Waals surface area contributed by atoms with Gasteiger partial charge in [0.15, 0.2) is 0 Å². The molecule has 0 saturated heterocycles. The molecule has 0 fully saturated rings. The maximum Gasteiger partial charge on any atom is 0.133 e. The molecule has 0 aliphatic carbocycles. The average molecular weight is 409 g/mol. The number of likely N-dealkylation sites (N-methyl/N-ethyl adjacent to an activating group) is 1. The molecule has 0 aliphatic rings. The number of fused-ring (bicyclic) bond motifs is 2. The highest BCUT2D eigenvalue weighted by atomic mass is 19.1. The van der Waals surface area contributed by atoms with E-state index in [1.165, 1.54) is 24.3 Å². The smallest absolute Gasteiger partial charge is 0.133 e. The Balaban J connectivity index is 0.000000184. The van der Waals surface area contributed by atoms with E-state index in [4.69, 9.17) is 5.73 Å². The quantitative estimate of drug-likeness (QED) is 0.500. The molecule has 0 aliphatic heterocycles. The van der Waals surface area contributed by atoms with Gasteiger partial charge in [0, 0.05) is 36.3 Å². The van der Waals surface area contributed by atoms with Crippen molar-refractivity contribution in [1.82, 2.24) is 14.9 Å². The van der Waals surface area contributed by atoms with Crippen LogP contribution in [0.15, 0.2) is 60.9 Å². The van der Waals surface area contributed by atoms with Gasteiger partial charge in [-0.3, -0.25) is 0 Å². The summed E-state index contributed by atoms with van der Waals surface area (Å²) in [5.41, 5.74) is 5.57. The van der Waals surface area contributed by atoms with E-state index in [0.717, 1.165) is 47.0 Å². The van der Waals surface area contributed by atoms with E-state index in [-0.39, 0.29) is 11.6 Å². The maximum atomic E-state index is 13.1. The molecule has 3 N–H and O–H groups in total. The van der Waals surface area contributed by atoms with Crippen molar-refractivity contribution < 1.29 is 8.78 Å². The normalized spacial score (nSPS) is 10.8. The lowest BCUT2D eigenvalue weighted by atomic mass is 10.1. The molecule has 0 bridgehead atoms. The molecule has 4 aromatic rings. The molecule has 0 saturated carbocycles. The van der Waals surface area contributed by atoms with E-state index < -0.39 is 0 Å². The Morgan fingerprint density at radius 2 is 1.50 bits per heavy atom. The van der Waals surface area contributed by atoms with E-state index in [2.05, 4.69) is 34.2 Å². The van der Waals surface area contributed by atoms with Crippen LogP contribution in [0.2, 0.25) is 0 Å². The second kappa shape index (κ2) is 9.93. The van der Waals surface area contributed by atoms with Crippen LogP contribution in [0.1, 0.15) is 6.92 Å². The number of nitrogens with one attached hydrogen (secondary N) is 1. The molecular formula is C23H25F2N5. The third-order valence-electron chi connectivity index (χ3n) is 4.81. The van der Waals surface area contributed by atoms with Crippen molar-refractivity contribution in [3.05, 3.63) is 72.6 Å². The molecule has 0 radical (unpaired) electrons. The Morgan fingerprint density at radius 1 is 0.900 bits per heavy atom. The molecule has 0 spiro atoms. The number of hydrogen-bond donors (Lipinski definition) is 2. The number of anilines is 2. The van der Waals surface area contributed by atoms with Gasteiger partial charge in [-0.25, -0.2) is 18.7 Å². The van der Waals surface area contributed by atoms with Gasteiger partial charge in [0.25, 0.3) is 0 Å². The summed E-state index contributed by atoms with van der Waals surface area (Å²) in [4.78, 5) is 10.4. The Morgan fingerprint density at radius 3 is 2.17 bits per heavy atom. The van der Waals surface area contributed by atoms with Gasteiger partial charge in [-0.05, 0) is 72.9 Å². The van der Waals surface area contributed by atoms with Crippen molar-refractivity contribution in [3.63, 3.8) is 0 Å². The molecular weight excluding hydrogens is 384 g/mol. The number of nitrogens with zero attached hydrogens (tertiary/aromatic N) is 3. The predicted octanol–water partition coefficient (Wildman–Crippen LogP) is 4.69. The fourth-order valence-corrected chi connectivity index (χ4v) is 2.99. The maximum absolute atomic E-state index is 13.1. The van der Waals surface area contributed by atoms with Gasteiger partial charge in [0.2, 0.25) is 0 Å². The summed E-state index contributed by atoms with van der Waals surface area (Å²) in [6.45, 7) is 4.93. The van der Waals surface area contributed by atoms with Crippen LogP contribution in [0, 0.1) is 11.6 Å². The number of benzene rings is 2. The number of nitrogen functional groups attached to an aromatic ring is 1. The Hall–Kier alpha value is -3.32. The van der Waals surface area contributed by atoms with Crippen LogP contribution in [0.4, 0.5) is 20.4 Å². The monoisotopic (exact) mass is 409 g/mol. The molecule has 7 heteroatoms. The summed E-state index contributed by atoms with van der Waals surface area (Å²) >= 11 is 0. The van der Waals surface area contributed by atoms with Crippen molar-refractivity contribution in [1.29, 1.82) is 0 Å². The van der Waals surface area contributed by atoms with Crippen LogP contribution < -0.4 is 11.1 Å². The van der Waals surface area contributed by atoms with Gasteiger partial charge in [-0.1, -0.05) is 6.92 Å². The number of aromatic nitrogens is 2. The number of pyridine rings is 2. The van der Waals surface area contributed by atoms with Gasteiger partial charge in [0.05, 0.1) is 0 Å². The van der Waals surface area contributed by atoms with Crippen LogP contribution in [-0.2, 0) is 0 Å². The number of rotatable bonds is 5. The Kier molecular flexibility index (Phi) is 7.08. The Labute approximate surface area is 174 Å². The topological polar surface area (TPSA) is 67.1 Å². The van der Waals surface area contributed by atoms with Crippen LogP contribution >= 0.6 is 0 Å². The molecule has 2 aromatic heterocycles. The first kappa shape index (κ1) is 21.4. The fourth-order valence-electron chi connectivity index (χ4n) is 2.99. The zero-order chi connectivity index (χ0) is 21.5. The molecule has 0 atom stereocenters. The second-order valence-corrected chi connectivity index (χ2v) is 6.91. The van der Waals surface area contributed by atoms with E-state index in [1.807, 2.05) is 6.07 Å². The van der Waals surface area contributed by atoms with E-state index in [9.17, 15) is 8.78 Å². The molecule has 156 valence electrons. The summed E-state index contributed by atoms with van der Waals surface area (Å²) in [5, 5.41) is 6.70. The number of nitrogens with two attached hydrogens (primary N) is 1. The largest absolute Gasteiger partial charge is 0.383 e. The van der Waals surface area contributed by atoms with Gasteiger partial charge < -0.3 is 16.0 Å². The summed E-state index contributed by atoms with van der Waals surface area (Å²) < 4.78 is 25.8. The Bertz CT molecular complexity index is 1130. The zero-order valence-corrected chi connectivity index (χ0v) is 17.1. The number of halogens is 2. The third kappa shape index (κ3) is 5.39. The van der Waals surface area contributed by atoms with Crippen molar-refractivity contribution in [2.75, 3.05) is 37.7 Å². The first-order valence-electron chi connectivity index (χ1n) is 9.74.